The van der Waals surface area contributed by atoms with E-state index in [9.17, 15) is 19.7 Å². The van der Waals surface area contributed by atoms with Crippen molar-refractivity contribution in [1.82, 2.24) is 0 Å². The van der Waals surface area contributed by atoms with E-state index in [1.54, 1.807) is 11.1 Å². The van der Waals surface area contributed by atoms with E-state index < -0.39 is 34.8 Å². The van der Waals surface area contributed by atoms with E-state index >= 15 is 0 Å². The van der Waals surface area contributed by atoms with Crippen molar-refractivity contribution in [2.75, 3.05) is 16.6 Å². The highest BCUT2D eigenvalue weighted by molar-refractivity contribution is 6.24. The van der Waals surface area contributed by atoms with Gasteiger partial charge in [-0.05, 0) is 54.4 Å². The maximum Gasteiger partial charge on any atom is 0.269 e. The number of hydrogen-bond donors (Lipinski definition) is 0. The number of carbonyl (C=O) groups is 2. The molecule has 0 aromatic heterocycles. The number of imide groups is 1. The Morgan fingerprint density at radius 2 is 1.50 bits per heavy atom. The van der Waals surface area contributed by atoms with E-state index in [2.05, 4.69) is 0 Å². The van der Waals surface area contributed by atoms with Gasteiger partial charge in [0.25, 0.3) is 11.6 Å². The molecule has 10 nitrogen and oxygen atoms in total. The second-order valence-corrected chi connectivity index (χ2v) is 9.86. The van der Waals surface area contributed by atoms with Crippen molar-refractivity contribution in [3.8, 4) is 11.5 Å². The highest BCUT2D eigenvalue weighted by Gasteiger charge is 2.60. The van der Waals surface area contributed by atoms with E-state index in [1.807, 2.05) is 79.7 Å². The summed E-state index contributed by atoms with van der Waals surface area (Å²) in [5, 5.41) is 12.7. The van der Waals surface area contributed by atoms with Gasteiger partial charge in [0, 0.05) is 12.1 Å². The molecule has 3 atom stereocenters. The Morgan fingerprint density at radius 3 is 2.17 bits per heavy atom. The Bertz CT molecular complexity index is 1610. The molecule has 10 heteroatoms. The molecule has 0 aliphatic carbocycles. The number of amides is 2. The van der Waals surface area contributed by atoms with Crippen LogP contribution in [0.4, 0.5) is 17.1 Å². The molecule has 0 N–H and O–H groups in total. The first-order valence-electron chi connectivity index (χ1n) is 13.5. The smallest absolute Gasteiger partial charge is 0.269 e. The molecule has 2 aliphatic heterocycles. The minimum atomic E-state index is -1.08. The number of ether oxygens (including phenoxy) is 2. The highest BCUT2D eigenvalue weighted by Crippen LogP contribution is 2.48. The van der Waals surface area contributed by atoms with Crippen LogP contribution in [-0.2, 0) is 21.0 Å². The molecule has 0 unspecified atom stereocenters. The molecule has 42 heavy (non-hydrogen) atoms. The van der Waals surface area contributed by atoms with Gasteiger partial charge in [-0.25, -0.2) is 9.96 Å². The second kappa shape index (κ2) is 11.3. The lowest BCUT2D eigenvalue weighted by atomic mass is 9.90. The predicted molar refractivity (Wildman–Crippen MR) is 154 cm³/mol. The quantitative estimate of drug-likeness (QED) is 0.146. The first-order valence-corrected chi connectivity index (χ1v) is 13.5. The largest absolute Gasteiger partial charge is 0.490 e. The van der Waals surface area contributed by atoms with Gasteiger partial charge < -0.3 is 9.47 Å². The summed E-state index contributed by atoms with van der Waals surface area (Å²) < 4.78 is 12.0. The maximum atomic E-state index is 13.9. The number of carbonyl (C=O) groups excluding carboxylic acids is 2. The van der Waals surface area contributed by atoms with Gasteiger partial charge in [-0.2, -0.15) is 0 Å². The van der Waals surface area contributed by atoms with Crippen LogP contribution < -0.4 is 19.4 Å². The molecule has 0 radical (unpaired) electrons. The number of benzene rings is 4. The van der Waals surface area contributed by atoms with Crippen LogP contribution >= 0.6 is 0 Å². The zero-order chi connectivity index (χ0) is 29.2. The summed E-state index contributed by atoms with van der Waals surface area (Å²) in [6, 6.07) is 29.2. The fourth-order valence-corrected chi connectivity index (χ4v) is 5.36. The summed E-state index contributed by atoms with van der Waals surface area (Å²) in [6.07, 6.45) is -1.08. The standard InChI is InChI=1S/C32H27N3O7/c1-2-40-27-19-22(13-18-26(27)41-20-21-9-5-3-6-10-21)29-28-30(42-34(29)24-11-7-4-8-12-24)32(37)33(31(28)36)23-14-16-25(17-15-23)35(38)39/h3-19,28-30H,2,20H2,1H3/t28-,29-,30+/m1/s1. The lowest BCUT2D eigenvalue weighted by Crippen LogP contribution is -2.37. The van der Waals surface area contributed by atoms with Crippen molar-refractivity contribution in [1.29, 1.82) is 0 Å². The van der Waals surface area contributed by atoms with Gasteiger partial charge in [0.1, 0.15) is 12.5 Å². The number of hydroxylamine groups is 1. The topological polar surface area (TPSA) is 111 Å². The van der Waals surface area contributed by atoms with Gasteiger partial charge in [-0.1, -0.05) is 54.6 Å². The summed E-state index contributed by atoms with van der Waals surface area (Å²) >= 11 is 0. The molecule has 0 spiro atoms. The zero-order valence-corrected chi connectivity index (χ0v) is 22.7. The van der Waals surface area contributed by atoms with Gasteiger partial charge in [-0.15, -0.1) is 0 Å². The van der Waals surface area contributed by atoms with Crippen LogP contribution in [0.15, 0.2) is 103 Å². The lowest BCUT2D eigenvalue weighted by molar-refractivity contribution is -0.384. The molecule has 4 aromatic carbocycles. The van der Waals surface area contributed by atoms with Crippen molar-refractivity contribution in [3.05, 3.63) is 124 Å². The number of para-hydroxylation sites is 1. The SMILES string of the molecule is CCOc1cc([C@@H]2[C@H]3C(=O)N(c4ccc([N+](=O)[O-])cc4)C(=O)[C@H]3ON2c2ccccc2)ccc1OCc1ccccc1. The zero-order valence-electron chi connectivity index (χ0n) is 22.7. The van der Waals surface area contributed by atoms with E-state index in [-0.39, 0.29) is 11.4 Å². The van der Waals surface area contributed by atoms with Gasteiger partial charge >= 0.3 is 0 Å². The van der Waals surface area contributed by atoms with Crippen LogP contribution in [0.2, 0.25) is 0 Å². The van der Waals surface area contributed by atoms with Crippen molar-refractivity contribution < 1.29 is 28.8 Å². The number of anilines is 2. The van der Waals surface area contributed by atoms with Crippen LogP contribution in [-0.4, -0.2) is 29.4 Å². The van der Waals surface area contributed by atoms with Gasteiger partial charge in [0.15, 0.2) is 17.6 Å². The Hall–Kier alpha value is -5.22. The normalized spacial score (nSPS) is 19.6. The lowest BCUT2D eigenvalue weighted by Gasteiger charge is -2.29. The van der Waals surface area contributed by atoms with Crippen LogP contribution in [0, 0.1) is 16.0 Å². The second-order valence-electron chi connectivity index (χ2n) is 9.86. The number of nitro benzene ring substituents is 1. The number of nitro groups is 1. The molecule has 2 aliphatic rings. The van der Waals surface area contributed by atoms with E-state index in [4.69, 9.17) is 14.3 Å². The predicted octanol–water partition coefficient (Wildman–Crippen LogP) is 5.62. The molecule has 2 saturated heterocycles. The van der Waals surface area contributed by atoms with Crippen molar-refractivity contribution in [3.63, 3.8) is 0 Å². The van der Waals surface area contributed by atoms with E-state index in [1.165, 1.54) is 24.3 Å². The Labute approximate surface area is 241 Å². The fraction of sp³-hybridized carbons (Fsp3) is 0.188. The minimum Gasteiger partial charge on any atom is -0.490 e. The highest BCUT2D eigenvalue weighted by atomic mass is 16.7. The molecule has 0 bridgehead atoms. The van der Waals surface area contributed by atoms with Crippen LogP contribution in [0.1, 0.15) is 24.1 Å². The van der Waals surface area contributed by atoms with Gasteiger partial charge in [0.05, 0.1) is 28.9 Å². The third-order valence-electron chi connectivity index (χ3n) is 7.29. The van der Waals surface area contributed by atoms with Crippen molar-refractivity contribution >= 4 is 28.9 Å². The fourth-order valence-electron chi connectivity index (χ4n) is 5.36. The minimum absolute atomic E-state index is 0.138. The summed E-state index contributed by atoms with van der Waals surface area (Å²) in [5.74, 6) is -0.808. The number of hydrogen-bond acceptors (Lipinski definition) is 8. The number of nitrogens with zero attached hydrogens (tertiary/aromatic N) is 3. The first-order chi connectivity index (χ1) is 20.5. The molecular weight excluding hydrogens is 538 g/mol. The monoisotopic (exact) mass is 565 g/mol. The van der Waals surface area contributed by atoms with Crippen LogP contribution in [0.3, 0.4) is 0 Å². The van der Waals surface area contributed by atoms with Gasteiger partial charge in [0.2, 0.25) is 5.91 Å². The van der Waals surface area contributed by atoms with E-state index in [0.717, 1.165) is 10.5 Å². The molecule has 2 fully saturated rings. The molecular formula is C32H27N3O7. The summed E-state index contributed by atoms with van der Waals surface area (Å²) in [6.45, 7) is 2.62. The van der Waals surface area contributed by atoms with Crippen molar-refractivity contribution in [2.45, 2.75) is 25.7 Å². The van der Waals surface area contributed by atoms with Gasteiger partial charge in [-0.3, -0.25) is 24.5 Å². The Balaban J connectivity index is 1.36. The van der Waals surface area contributed by atoms with Crippen molar-refractivity contribution in [2.24, 2.45) is 5.92 Å². The average molecular weight is 566 g/mol. The first kappa shape index (κ1) is 27.0. The maximum absolute atomic E-state index is 13.9. The molecule has 2 amide bonds. The van der Waals surface area contributed by atoms with Crippen LogP contribution in [0.5, 0.6) is 11.5 Å². The number of rotatable bonds is 9. The number of non-ortho nitro benzene ring substituents is 1. The third kappa shape index (κ3) is 4.92. The average Bonchev–Trinajstić information content (AvgIpc) is 3.53. The molecule has 212 valence electrons. The Morgan fingerprint density at radius 1 is 0.810 bits per heavy atom. The third-order valence-corrected chi connectivity index (χ3v) is 7.29. The molecule has 0 saturated carbocycles. The molecule has 6 rings (SSSR count). The molecule has 4 aromatic rings. The van der Waals surface area contributed by atoms with Crippen LogP contribution in [0.25, 0.3) is 0 Å². The summed E-state index contributed by atoms with van der Waals surface area (Å²) in [4.78, 5) is 45.4. The molecule has 2 heterocycles. The Kier molecular flexibility index (Phi) is 7.28. The van der Waals surface area contributed by atoms with E-state index in [0.29, 0.717) is 36.0 Å². The summed E-state index contributed by atoms with van der Waals surface area (Å²) in [7, 11) is 0. The summed E-state index contributed by atoms with van der Waals surface area (Å²) in [5.41, 5.74) is 2.50. The number of fused-ring (bicyclic) bond motifs is 1.